The Kier molecular flexibility index (Phi) is 3.93. The molecule has 0 bridgehead atoms. The molecule has 14 heavy (non-hydrogen) atoms. The normalized spacial score (nSPS) is 10.5. The highest BCUT2D eigenvalue weighted by Crippen LogP contribution is 2.01. The SMILES string of the molecule is C[Si](C)(C#CCCO)c1ccccc1. The van der Waals surface area contributed by atoms with E-state index in [-0.39, 0.29) is 6.61 Å². The zero-order chi connectivity index (χ0) is 10.4. The molecule has 0 aliphatic rings. The van der Waals surface area contributed by atoms with Crippen LogP contribution in [0.1, 0.15) is 6.42 Å². The maximum Gasteiger partial charge on any atom is 0.162 e. The van der Waals surface area contributed by atoms with Crippen molar-refractivity contribution >= 4 is 13.3 Å². The molecule has 1 N–H and O–H groups in total. The summed E-state index contributed by atoms with van der Waals surface area (Å²) in [5, 5.41) is 10.00. The van der Waals surface area contributed by atoms with E-state index < -0.39 is 8.07 Å². The van der Waals surface area contributed by atoms with E-state index in [0.29, 0.717) is 6.42 Å². The van der Waals surface area contributed by atoms with Crippen LogP contribution in [-0.2, 0) is 0 Å². The van der Waals surface area contributed by atoms with Gasteiger partial charge in [-0.2, -0.15) is 0 Å². The van der Waals surface area contributed by atoms with E-state index in [1.165, 1.54) is 5.19 Å². The molecule has 0 unspecified atom stereocenters. The quantitative estimate of drug-likeness (QED) is 0.572. The molecule has 0 aromatic heterocycles. The molecule has 0 radical (unpaired) electrons. The summed E-state index contributed by atoms with van der Waals surface area (Å²) in [6, 6.07) is 10.4. The van der Waals surface area contributed by atoms with E-state index in [1.807, 2.05) is 6.07 Å². The van der Waals surface area contributed by atoms with Crippen molar-refractivity contribution in [3.8, 4) is 11.5 Å². The second kappa shape index (κ2) is 4.99. The molecule has 0 aliphatic heterocycles. The molecule has 0 amide bonds. The van der Waals surface area contributed by atoms with Crippen LogP contribution >= 0.6 is 0 Å². The number of hydrogen-bond acceptors (Lipinski definition) is 1. The number of aliphatic hydroxyl groups excluding tert-OH is 1. The Morgan fingerprint density at radius 1 is 1.21 bits per heavy atom. The Bertz CT molecular complexity index is 332. The Morgan fingerprint density at radius 3 is 2.43 bits per heavy atom. The largest absolute Gasteiger partial charge is 0.395 e. The molecule has 0 spiro atoms. The van der Waals surface area contributed by atoms with Crippen molar-refractivity contribution in [1.82, 2.24) is 0 Å². The third-order valence-electron chi connectivity index (χ3n) is 2.13. The first-order valence-electron chi connectivity index (χ1n) is 4.83. The van der Waals surface area contributed by atoms with Gasteiger partial charge in [0.15, 0.2) is 8.07 Å². The lowest BCUT2D eigenvalue weighted by Crippen LogP contribution is -2.39. The fraction of sp³-hybridized carbons (Fsp3) is 0.333. The van der Waals surface area contributed by atoms with Crippen molar-refractivity contribution in [3.05, 3.63) is 30.3 Å². The van der Waals surface area contributed by atoms with Crippen molar-refractivity contribution < 1.29 is 5.11 Å². The second-order valence-electron chi connectivity index (χ2n) is 3.77. The Hall–Kier alpha value is -1.04. The van der Waals surface area contributed by atoms with Crippen molar-refractivity contribution in [2.75, 3.05) is 6.61 Å². The summed E-state index contributed by atoms with van der Waals surface area (Å²) in [5.41, 5.74) is 3.31. The lowest BCUT2D eigenvalue weighted by atomic mass is 10.4. The van der Waals surface area contributed by atoms with E-state index in [1.54, 1.807) is 0 Å². The summed E-state index contributed by atoms with van der Waals surface area (Å²) in [4.78, 5) is 0. The molecule has 1 nitrogen and oxygen atoms in total. The first-order valence-corrected chi connectivity index (χ1v) is 7.83. The average Bonchev–Trinajstić information content (AvgIpc) is 2.19. The van der Waals surface area contributed by atoms with Gasteiger partial charge in [-0.3, -0.25) is 0 Å². The van der Waals surface area contributed by atoms with E-state index in [4.69, 9.17) is 5.11 Å². The van der Waals surface area contributed by atoms with Crippen LogP contribution < -0.4 is 5.19 Å². The summed E-state index contributed by atoms with van der Waals surface area (Å²) >= 11 is 0. The van der Waals surface area contributed by atoms with E-state index in [0.717, 1.165) is 0 Å². The van der Waals surface area contributed by atoms with Crippen LogP contribution in [0.5, 0.6) is 0 Å². The fourth-order valence-electron chi connectivity index (χ4n) is 1.27. The van der Waals surface area contributed by atoms with Gasteiger partial charge >= 0.3 is 0 Å². The minimum Gasteiger partial charge on any atom is -0.395 e. The minimum absolute atomic E-state index is 0.159. The minimum atomic E-state index is -1.59. The number of aliphatic hydroxyl groups is 1. The first kappa shape index (κ1) is 11.0. The second-order valence-corrected chi connectivity index (χ2v) is 7.84. The van der Waals surface area contributed by atoms with Crippen LogP contribution in [0.4, 0.5) is 0 Å². The van der Waals surface area contributed by atoms with Gasteiger partial charge in [-0.1, -0.05) is 43.4 Å². The van der Waals surface area contributed by atoms with Gasteiger partial charge in [0.25, 0.3) is 0 Å². The average molecular weight is 204 g/mol. The van der Waals surface area contributed by atoms with Crippen LogP contribution in [0.15, 0.2) is 30.3 Å². The summed E-state index contributed by atoms with van der Waals surface area (Å²) in [6.07, 6.45) is 0.587. The lowest BCUT2D eigenvalue weighted by Gasteiger charge is -2.14. The number of benzene rings is 1. The molecular weight excluding hydrogens is 188 g/mol. The maximum atomic E-state index is 8.65. The standard InChI is InChI=1S/C12H16OSi/c1-14(2,11-7-6-10-13)12-8-4-3-5-9-12/h3-5,8-9,13H,6,10H2,1-2H3. The summed E-state index contributed by atoms with van der Waals surface area (Å²) in [6.45, 7) is 4.62. The molecule has 1 aromatic carbocycles. The fourth-order valence-corrected chi connectivity index (χ4v) is 3.00. The van der Waals surface area contributed by atoms with Gasteiger partial charge in [0, 0.05) is 6.42 Å². The van der Waals surface area contributed by atoms with Gasteiger partial charge < -0.3 is 5.11 Å². The topological polar surface area (TPSA) is 20.2 Å². The predicted octanol–water partition coefficient (Wildman–Crippen LogP) is 1.53. The monoisotopic (exact) mass is 204 g/mol. The maximum absolute atomic E-state index is 8.65. The number of hydrogen-bond donors (Lipinski definition) is 1. The molecule has 0 saturated carbocycles. The molecule has 0 heterocycles. The van der Waals surface area contributed by atoms with Crippen LogP contribution in [0.25, 0.3) is 0 Å². The molecule has 0 saturated heterocycles. The van der Waals surface area contributed by atoms with Crippen LogP contribution in [0.3, 0.4) is 0 Å². The van der Waals surface area contributed by atoms with E-state index >= 15 is 0 Å². The smallest absolute Gasteiger partial charge is 0.162 e. The molecule has 0 atom stereocenters. The lowest BCUT2D eigenvalue weighted by molar-refractivity contribution is 0.305. The van der Waals surface area contributed by atoms with Gasteiger partial charge in [0.2, 0.25) is 0 Å². The number of rotatable bonds is 2. The van der Waals surface area contributed by atoms with Crippen molar-refractivity contribution in [2.24, 2.45) is 0 Å². The highest BCUT2D eigenvalue weighted by atomic mass is 28.3. The zero-order valence-corrected chi connectivity index (χ0v) is 9.75. The summed E-state index contributed by atoms with van der Waals surface area (Å²) in [5.74, 6) is 3.04. The van der Waals surface area contributed by atoms with Crippen molar-refractivity contribution in [2.45, 2.75) is 19.5 Å². The Balaban J connectivity index is 2.82. The highest BCUT2D eigenvalue weighted by Gasteiger charge is 2.19. The van der Waals surface area contributed by atoms with Crippen molar-refractivity contribution in [1.29, 1.82) is 0 Å². The molecule has 0 aliphatic carbocycles. The Morgan fingerprint density at radius 2 is 1.86 bits per heavy atom. The molecule has 1 rings (SSSR count). The van der Waals surface area contributed by atoms with Gasteiger partial charge in [-0.25, -0.2) is 0 Å². The molecule has 74 valence electrons. The van der Waals surface area contributed by atoms with Crippen LogP contribution in [0, 0.1) is 11.5 Å². The third kappa shape index (κ3) is 3.02. The van der Waals surface area contributed by atoms with Crippen LogP contribution in [-0.4, -0.2) is 19.8 Å². The molecule has 1 aromatic rings. The van der Waals surface area contributed by atoms with E-state index in [2.05, 4.69) is 48.8 Å². The summed E-state index contributed by atoms with van der Waals surface area (Å²) < 4.78 is 0. The first-order chi connectivity index (χ1) is 6.67. The Labute approximate surface area is 86.8 Å². The van der Waals surface area contributed by atoms with E-state index in [9.17, 15) is 0 Å². The molecular formula is C12H16OSi. The zero-order valence-electron chi connectivity index (χ0n) is 8.75. The van der Waals surface area contributed by atoms with Crippen LogP contribution in [0.2, 0.25) is 13.1 Å². The highest BCUT2D eigenvalue weighted by molar-refractivity contribution is 6.96. The summed E-state index contributed by atoms with van der Waals surface area (Å²) in [7, 11) is -1.59. The van der Waals surface area contributed by atoms with Gasteiger partial charge in [0.05, 0.1) is 6.61 Å². The van der Waals surface area contributed by atoms with Crippen molar-refractivity contribution in [3.63, 3.8) is 0 Å². The molecule has 0 fully saturated rings. The predicted molar refractivity (Wildman–Crippen MR) is 63.0 cm³/mol. The van der Waals surface area contributed by atoms with Gasteiger partial charge in [-0.15, -0.1) is 11.5 Å². The molecule has 2 heteroatoms. The van der Waals surface area contributed by atoms with Gasteiger partial charge in [-0.05, 0) is 5.19 Å². The van der Waals surface area contributed by atoms with Gasteiger partial charge in [0.1, 0.15) is 0 Å². The third-order valence-corrected chi connectivity index (χ3v) is 4.71.